The molecule has 0 saturated carbocycles. The minimum absolute atomic E-state index is 0.0236. The third kappa shape index (κ3) is 3.96. The second kappa shape index (κ2) is 6.91. The Kier molecular flexibility index (Phi) is 4.95. The van der Waals surface area contributed by atoms with E-state index in [0.29, 0.717) is 17.3 Å². The van der Waals surface area contributed by atoms with Gasteiger partial charge in [0, 0.05) is 17.8 Å². The molecule has 0 amide bonds. The fourth-order valence-electron chi connectivity index (χ4n) is 1.55. The van der Waals surface area contributed by atoms with Gasteiger partial charge in [0.25, 0.3) is 5.56 Å². The molecule has 1 aromatic carbocycles. The number of ketones is 1. The van der Waals surface area contributed by atoms with Crippen LogP contribution in [0.1, 0.15) is 17.3 Å². The summed E-state index contributed by atoms with van der Waals surface area (Å²) < 4.78 is 5.32. The molecular formula is C14H14N2O3S. The van der Waals surface area contributed by atoms with Crippen molar-refractivity contribution < 1.29 is 9.53 Å². The van der Waals surface area contributed by atoms with E-state index in [-0.39, 0.29) is 17.1 Å². The quantitative estimate of drug-likeness (QED) is 0.501. The molecule has 0 radical (unpaired) electrons. The van der Waals surface area contributed by atoms with Gasteiger partial charge < -0.3 is 9.72 Å². The predicted molar refractivity (Wildman–Crippen MR) is 77.5 cm³/mol. The summed E-state index contributed by atoms with van der Waals surface area (Å²) in [7, 11) is 0. The Morgan fingerprint density at radius 3 is 2.70 bits per heavy atom. The molecule has 0 bridgehead atoms. The van der Waals surface area contributed by atoms with Gasteiger partial charge >= 0.3 is 0 Å². The van der Waals surface area contributed by atoms with Crippen LogP contribution in [0, 0.1) is 0 Å². The van der Waals surface area contributed by atoms with E-state index in [1.807, 2.05) is 6.92 Å². The molecule has 104 valence electrons. The van der Waals surface area contributed by atoms with Crippen LogP contribution in [0.5, 0.6) is 5.75 Å². The van der Waals surface area contributed by atoms with Crippen LogP contribution in [0.15, 0.2) is 46.5 Å². The number of ether oxygens (including phenoxy) is 1. The lowest BCUT2D eigenvalue weighted by Crippen LogP contribution is -2.08. The number of H-pyrrole nitrogens is 1. The lowest BCUT2D eigenvalue weighted by molar-refractivity contribution is 0.102. The van der Waals surface area contributed by atoms with Gasteiger partial charge in [-0.3, -0.25) is 9.59 Å². The fraction of sp³-hybridized carbons (Fsp3) is 0.214. The van der Waals surface area contributed by atoms with Crippen molar-refractivity contribution in [1.29, 1.82) is 0 Å². The molecule has 5 nitrogen and oxygen atoms in total. The monoisotopic (exact) mass is 290 g/mol. The molecule has 6 heteroatoms. The summed E-state index contributed by atoms with van der Waals surface area (Å²) in [5.74, 6) is 0.941. The number of aromatic nitrogens is 2. The SMILES string of the molecule is CCOc1ccc(C(=O)CSc2nccc(=O)[nH]2)cc1. The van der Waals surface area contributed by atoms with Crippen molar-refractivity contribution in [3.8, 4) is 5.75 Å². The molecule has 0 aliphatic carbocycles. The standard InChI is InChI=1S/C14H14N2O3S/c1-2-19-11-5-3-10(4-6-11)12(17)9-20-14-15-8-7-13(18)16-14/h3-8H,2,9H2,1H3,(H,15,16,18). The summed E-state index contributed by atoms with van der Waals surface area (Å²) in [6.07, 6.45) is 1.42. The first-order valence-corrected chi connectivity index (χ1v) is 7.12. The molecule has 0 aliphatic rings. The summed E-state index contributed by atoms with van der Waals surface area (Å²) in [5, 5.41) is 0.441. The van der Waals surface area contributed by atoms with Crippen molar-refractivity contribution in [2.75, 3.05) is 12.4 Å². The molecule has 0 fully saturated rings. The highest BCUT2D eigenvalue weighted by Crippen LogP contribution is 2.16. The number of rotatable bonds is 6. The minimum atomic E-state index is -0.226. The van der Waals surface area contributed by atoms with Gasteiger partial charge in [-0.05, 0) is 31.2 Å². The van der Waals surface area contributed by atoms with E-state index in [2.05, 4.69) is 9.97 Å². The van der Waals surface area contributed by atoms with Crippen molar-refractivity contribution in [3.05, 3.63) is 52.4 Å². The van der Waals surface area contributed by atoms with Gasteiger partial charge in [-0.2, -0.15) is 0 Å². The molecule has 2 aromatic rings. The predicted octanol–water partition coefficient (Wildman–Crippen LogP) is 2.14. The number of nitrogens with zero attached hydrogens (tertiary/aromatic N) is 1. The van der Waals surface area contributed by atoms with Crippen LogP contribution in [-0.4, -0.2) is 28.1 Å². The van der Waals surface area contributed by atoms with Crippen molar-refractivity contribution >= 4 is 17.5 Å². The third-order valence-corrected chi connectivity index (χ3v) is 3.36. The van der Waals surface area contributed by atoms with Gasteiger partial charge in [-0.15, -0.1) is 0 Å². The van der Waals surface area contributed by atoms with Gasteiger partial charge in [-0.1, -0.05) is 11.8 Å². The number of nitrogens with one attached hydrogen (secondary N) is 1. The van der Waals surface area contributed by atoms with Gasteiger partial charge in [-0.25, -0.2) is 4.98 Å². The zero-order chi connectivity index (χ0) is 14.4. The highest BCUT2D eigenvalue weighted by atomic mass is 32.2. The summed E-state index contributed by atoms with van der Waals surface area (Å²) in [5.41, 5.74) is 0.384. The summed E-state index contributed by atoms with van der Waals surface area (Å²) in [6.45, 7) is 2.50. The Morgan fingerprint density at radius 2 is 2.05 bits per heavy atom. The van der Waals surface area contributed by atoms with Crippen LogP contribution < -0.4 is 10.3 Å². The number of hydrogen-bond donors (Lipinski definition) is 1. The van der Waals surface area contributed by atoms with Gasteiger partial charge in [0.1, 0.15) is 5.75 Å². The largest absolute Gasteiger partial charge is 0.494 e. The molecule has 1 N–H and O–H groups in total. The lowest BCUT2D eigenvalue weighted by atomic mass is 10.1. The first-order valence-electron chi connectivity index (χ1n) is 6.13. The topological polar surface area (TPSA) is 72.0 Å². The number of carbonyl (C=O) groups excluding carboxylic acids is 1. The first-order chi connectivity index (χ1) is 9.69. The number of carbonyl (C=O) groups is 1. The van der Waals surface area contributed by atoms with Crippen LogP contribution in [0.3, 0.4) is 0 Å². The number of thioether (sulfide) groups is 1. The fourth-order valence-corrected chi connectivity index (χ4v) is 2.29. The highest BCUT2D eigenvalue weighted by molar-refractivity contribution is 7.99. The van der Waals surface area contributed by atoms with Gasteiger partial charge in [0.05, 0.1) is 12.4 Å². The van der Waals surface area contributed by atoms with E-state index >= 15 is 0 Å². The molecular weight excluding hydrogens is 276 g/mol. The molecule has 1 heterocycles. The number of hydrogen-bond acceptors (Lipinski definition) is 5. The van der Waals surface area contributed by atoms with Crippen LogP contribution in [-0.2, 0) is 0 Å². The highest BCUT2D eigenvalue weighted by Gasteiger charge is 2.08. The maximum atomic E-state index is 12.0. The van der Waals surface area contributed by atoms with Crippen molar-refractivity contribution in [3.63, 3.8) is 0 Å². The second-order valence-corrected chi connectivity index (χ2v) is 4.87. The number of Topliss-reactive ketones (excluding diaryl/α,β-unsaturated/α-hetero) is 1. The number of benzene rings is 1. The molecule has 0 spiro atoms. The first kappa shape index (κ1) is 14.3. The summed E-state index contributed by atoms with van der Waals surface area (Å²) in [6, 6.07) is 8.33. The van der Waals surface area contributed by atoms with E-state index in [1.54, 1.807) is 24.3 Å². The molecule has 1 aromatic heterocycles. The third-order valence-electron chi connectivity index (χ3n) is 2.48. The number of aromatic amines is 1. The molecule has 0 atom stereocenters. The van der Waals surface area contributed by atoms with Crippen LogP contribution in [0.25, 0.3) is 0 Å². The average Bonchev–Trinajstić information content (AvgIpc) is 2.46. The Bertz CT molecular complexity index is 637. The van der Waals surface area contributed by atoms with Gasteiger partial charge in [0.2, 0.25) is 0 Å². The molecule has 0 saturated heterocycles. The Morgan fingerprint density at radius 1 is 1.30 bits per heavy atom. The summed E-state index contributed by atoms with van der Waals surface area (Å²) in [4.78, 5) is 29.6. The van der Waals surface area contributed by atoms with Gasteiger partial charge in [0.15, 0.2) is 10.9 Å². The molecule has 0 aliphatic heterocycles. The lowest BCUT2D eigenvalue weighted by Gasteiger charge is -2.04. The van der Waals surface area contributed by atoms with E-state index in [4.69, 9.17) is 4.74 Å². The maximum absolute atomic E-state index is 12.0. The maximum Gasteiger partial charge on any atom is 0.251 e. The smallest absolute Gasteiger partial charge is 0.251 e. The zero-order valence-electron chi connectivity index (χ0n) is 11.0. The Hall–Kier alpha value is -2.08. The van der Waals surface area contributed by atoms with Crippen LogP contribution >= 0.6 is 11.8 Å². The molecule has 20 heavy (non-hydrogen) atoms. The summed E-state index contributed by atoms with van der Waals surface area (Å²) >= 11 is 1.20. The second-order valence-electron chi connectivity index (χ2n) is 3.91. The van der Waals surface area contributed by atoms with E-state index in [1.165, 1.54) is 24.0 Å². The normalized spacial score (nSPS) is 10.2. The average molecular weight is 290 g/mol. The van der Waals surface area contributed by atoms with Crippen LogP contribution in [0.4, 0.5) is 0 Å². The van der Waals surface area contributed by atoms with Crippen molar-refractivity contribution in [1.82, 2.24) is 9.97 Å². The van der Waals surface area contributed by atoms with Crippen molar-refractivity contribution in [2.45, 2.75) is 12.1 Å². The minimum Gasteiger partial charge on any atom is -0.494 e. The Labute approximate surface area is 120 Å². The Balaban J connectivity index is 1.96. The van der Waals surface area contributed by atoms with E-state index < -0.39 is 0 Å². The molecule has 0 unspecified atom stereocenters. The van der Waals surface area contributed by atoms with Crippen LogP contribution in [0.2, 0.25) is 0 Å². The van der Waals surface area contributed by atoms with E-state index in [9.17, 15) is 9.59 Å². The molecule has 2 rings (SSSR count). The van der Waals surface area contributed by atoms with E-state index in [0.717, 1.165) is 5.75 Å². The van der Waals surface area contributed by atoms with Crippen molar-refractivity contribution in [2.24, 2.45) is 0 Å². The zero-order valence-corrected chi connectivity index (χ0v) is 11.8.